The second kappa shape index (κ2) is 9.58. The van der Waals surface area contributed by atoms with Crippen LogP contribution >= 0.6 is 0 Å². The van der Waals surface area contributed by atoms with Gasteiger partial charge in [-0.1, -0.05) is 24.3 Å². The first kappa shape index (κ1) is 22.9. The van der Waals surface area contributed by atoms with Crippen molar-refractivity contribution in [3.63, 3.8) is 0 Å². The Morgan fingerprint density at radius 2 is 1.81 bits per heavy atom. The number of esters is 1. The van der Waals surface area contributed by atoms with Crippen molar-refractivity contribution < 1.29 is 32.7 Å². The van der Waals surface area contributed by atoms with Gasteiger partial charge in [0.15, 0.2) is 0 Å². The molecule has 0 spiro atoms. The van der Waals surface area contributed by atoms with Crippen LogP contribution in [0.1, 0.15) is 16.1 Å². The fourth-order valence-electron chi connectivity index (χ4n) is 2.84. The summed E-state index contributed by atoms with van der Waals surface area (Å²) in [6.45, 7) is -0.0134. The van der Waals surface area contributed by atoms with Gasteiger partial charge in [0.2, 0.25) is 0 Å². The van der Waals surface area contributed by atoms with Crippen LogP contribution in [0, 0.1) is 0 Å². The normalized spacial score (nSPS) is 11.3. The third-order valence-corrected chi connectivity index (χ3v) is 4.36. The number of ether oxygens (including phenoxy) is 1. The molecule has 0 unspecified atom stereocenters. The number of nitrogens with one attached hydrogen (secondary N) is 1. The van der Waals surface area contributed by atoms with Crippen LogP contribution in [-0.4, -0.2) is 44.6 Å². The summed E-state index contributed by atoms with van der Waals surface area (Å²) in [6.07, 6.45) is -3.50. The van der Waals surface area contributed by atoms with E-state index in [0.717, 1.165) is 0 Å². The number of pyridine rings is 1. The van der Waals surface area contributed by atoms with E-state index in [-0.39, 0.29) is 18.8 Å². The summed E-state index contributed by atoms with van der Waals surface area (Å²) < 4.78 is 42.3. The van der Waals surface area contributed by atoms with Gasteiger partial charge >= 0.3 is 12.1 Å². The molecule has 1 aromatic carbocycles. The lowest BCUT2D eigenvalue weighted by Crippen LogP contribution is -2.25. The summed E-state index contributed by atoms with van der Waals surface area (Å²) in [6, 6.07) is 11.2. The molecule has 0 aliphatic rings. The zero-order valence-electron chi connectivity index (χ0n) is 16.5. The van der Waals surface area contributed by atoms with Crippen LogP contribution in [-0.2, 0) is 22.7 Å². The minimum absolute atomic E-state index is 0.129. The van der Waals surface area contributed by atoms with E-state index in [2.05, 4.69) is 14.8 Å². The first-order valence-electron chi connectivity index (χ1n) is 9.25. The van der Waals surface area contributed by atoms with Crippen LogP contribution in [0.3, 0.4) is 0 Å². The summed E-state index contributed by atoms with van der Waals surface area (Å²) in [5.41, 5.74) is 9.91. The van der Waals surface area contributed by atoms with Gasteiger partial charge in [0.05, 0.1) is 17.9 Å². The predicted molar refractivity (Wildman–Crippen MR) is 105 cm³/mol. The van der Waals surface area contributed by atoms with E-state index >= 15 is 0 Å². The number of nitrogens with zero attached hydrogens (tertiary/aromatic N) is 3. The van der Waals surface area contributed by atoms with Crippen LogP contribution < -0.4 is 11.2 Å². The van der Waals surface area contributed by atoms with Gasteiger partial charge in [-0.25, -0.2) is 10.3 Å². The van der Waals surface area contributed by atoms with Gasteiger partial charge in [-0.15, -0.1) is 0 Å². The molecule has 0 aliphatic heterocycles. The SMILES string of the molecule is NCCn1nc(-c2ccnc(-c3ccc(COC(=O)C(F)(F)F)cc3)c2)cc1C(=O)NO. The molecule has 4 N–H and O–H groups in total. The Labute approximate surface area is 179 Å². The highest BCUT2D eigenvalue weighted by atomic mass is 19.4. The summed E-state index contributed by atoms with van der Waals surface area (Å²) in [5.74, 6) is -2.98. The van der Waals surface area contributed by atoms with Gasteiger partial charge in [-0.2, -0.15) is 18.3 Å². The topological polar surface area (TPSA) is 132 Å². The van der Waals surface area contributed by atoms with Gasteiger partial charge in [0.1, 0.15) is 12.3 Å². The molecule has 0 saturated heterocycles. The lowest BCUT2D eigenvalue weighted by Gasteiger charge is -2.08. The van der Waals surface area contributed by atoms with Crippen LogP contribution in [0.25, 0.3) is 22.5 Å². The molecule has 3 rings (SSSR count). The quantitative estimate of drug-likeness (QED) is 0.286. The van der Waals surface area contributed by atoms with E-state index in [1.165, 1.54) is 29.1 Å². The molecule has 2 heterocycles. The lowest BCUT2D eigenvalue weighted by atomic mass is 10.1. The molecule has 0 radical (unpaired) electrons. The standard InChI is InChI=1S/C20H18F3N5O4/c21-20(22,23)19(30)32-11-12-1-3-13(4-2-12)15-9-14(5-7-25-15)16-10-17(18(29)27-31)28(26-16)8-6-24/h1-5,7,9-10,31H,6,8,11,24H2,(H,27,29). The van der Waals surface area contributed by atoms with Crippen molar-refractivity contribution in [2.45, 2.75) is 19.3 Å². The summed E-state index contributed by atoms with van der Waals surface area (Å²) >= 11 is 0. The first-order chi connectivity index (χ1) is 15.2. The smallest absolute Gasteiger partial charge is 0.454 e. The number of halogens is 3. The van der Waals surface area contributed by atoms with Crippen LogP contribution in [0.5, 0.6) is 0 Å². The Morgan fingerprint density at radius 1 is 1.09 bits per heavy atom. The fraction of sp³-hybridized carbons (Fsp3) is 0.200. The Kier molecular flexibility index (Phi) is 6.85. The molecular weight excluding hydrogens is 431 g/mol. The second-order valence-corrected chi connectivity index (χ2v) is 6.57. The van der Waals surface area contributed by atoms with E-state index in [1.54, 1.807) is 29.7 Å². The summed E-state index contributed by atoms with van der Waals surface area (Å²) in [4.78, 5) is 27.0. The molecule has 0 saturated carbocycles. The molecule has 0 bridgehead atoms. The van der Waals surface area contributed by atoms with Crippen LogP contribution in [0.15, 0.2) is 48.7 Å². The number of hydrogen-bond acceptors (Lipinski definition) is 7. The van der Waals surface area contributed by atoms with Crippen LogP contribution in [0.4, 0.5) is 13.2 Å². The molecule has 2 aromatic heterocycles. The summed E-state index contributed by atoms with van der Waals surface area (Å²) in [5, 5.41) is 13.3. The minimum atomic E-state index is -5.04. The maximum atomic E-state index is 12.2. The van der Waals surface area contributed by atoms with Gasteiger partial charge in [-0.3, -0.25) is 19.7 Å². The third kappa shape index (κ3) is 5.28. The van der Waals surface area contributed by atoms with Gasteiger partial charge in [0.25, 0.3) is 5.91 Å². The number of carbonyl (C=O) groups is 2. The molecule has 9 nitrogen and oxygen atoms in total. The monoisotopic (exact) mass is 449 g/mol. The van der Waals surface area contributed by atoms with Crippen molar-refractivity contribution in [2.24, 2.45) is 5.73 Å². The molecule has 0 atom stereocenters. The Morgan fingerprint density at radius 3 is 2.44 bits per heavy atom. The van der Waals surface area contributed by atoms with Crippen molar-refractivity contribution >= 4 is 11.9 Å². The second-order valence-electron chi connectivity index (χ2n) is 6.57. The van der Waals surface area contributed by atoms with Crippen molar-refractivity contribution in [3.8, 4) is 22.5 Å². The average molecular weight is 449 g/mol. The molecule has 1 amide bonds. The van der Waals surface area contributed by atoms with Crippen molar-refractivity contribution in [3.05, 3.63) is 59.9 Å². The zero-order valence-corrected chi connectivity index (χ0v) is 16.5. The van der Waals surface area contributed by atoms with Gasteiger partial charge in [0, 0.05) is 23.9 Å². The summed E-state index contributed by atoms with van der Waals surface area (Å²) in [7, 11) is 0. The van der Waals surface area contributed by atoms with Crippen LogP contribution in [0.2, 0.25) is 0 Å². The maximum Gasteiger partial charge on any atom is 0.490 e. The number of amides is 1. The molecule has 0 aliphatic carbocycles. The molecule has 3 aromatic rings. The number of benzene rings is 1. The number of nitrogens with two attached hydrogens (primary N) is 1. The van der Waals surface area contributed by atoms with Crippen molar-refractivity contribution in [2.75, 3.05) is 6.54 Å². The van der Waals surface area contributed by atoms with Crippen molar-refractivity contribution in [1.29, 1.82) is 0 Å². The predicted octanol–water partition coefficient (Wildman–Crippen LogP) is 2.30. The third-order valence-electron chi connectivity index (χ3n) is 4.36. The van der Waals surface area contributed by atoms with E-state index in [1.807, 2.05) is 0 Å². The number of carbonyl (C=O) groups excluding carboxylic acids is 2. The number of hydroxylamine groups is 1. The average Bonchev–Trinajstić information content (AvgIpc) is 3.21. The van der Waals surface area contributed by atoms with E-state index in [9.17, 15) is 22.8 Å². The van der Waals surface area contributed by atoms with Gasteiger partial charge in [-0.05, 0) is 23.8 Å². The van der Waals surface area contributed by atoms with E-state index in [0.29, 0.717) is 28.1 Å². The molecular formula is C20H18F3N5O4. The lowest BCUT2D eigenvalue weighted by molar-refractivity contribution is -0.201. The molecule has 168 valence electrons. The first-order valence-corrected chi connectivity index (χ1v) is 9.25. The maximum absolute atomic E-state index is 12.2. The highest BCUT2D eigenvalue weighted by Crippen LogP contribution is 2.25. The number of hydrogen-bond donors (Lipinski definition) is 3. The van der Waals surface area contributed by atoms with Gasteiger partial charge < -0.3 is 10.5 Å². The highest BCUT2D eigenvalue weighted by Gasteiger charge is 2.40. The molecule has 32 heavy (non-hydrogen) atoms. The number of rotatable bonds is 7. The Bertz CT molecular complexity index is 1110. The minimum Gasteiger partial charge on any atom is -0.454 e. The molecule has 12 heteroatoms. The molecule has 0 fully saturated rings. The number of aromatic nitrogens is 3. The number of alkyl halides is 3. The largest absolute Gasteiger partial charge is 0.490 e. The fourth-order valence-corrected chi connectivity index (χ4v) is 2.84. The van der Waals surface area contributed by atoms with Crippen molar-refractivity contribution in [1.82, 2.24) is 20.2 Å². The Balaban J connectivity index is 1.81. The highest BCUT2D eigenvalue weighted by molar-refractivity contribution is 5.93. The van der Waals surface area contributed by atoms with E-state index < -0.39 is 24.7 Å². The Hall–Kier alpha value is -3.77. The zero-order chi connectivity index (χ0) is 23.3. The van der Waals surface area contributed by atoms with E-state index in [4.69, 9.17) is 10.9 Å².